The van der Waals surface area contributed by atoms with Gasteiger partial charge in [-0.2, -0.15) is 26.3 Å². The number of aryl methyl sites for hydroxylation is 1. The van der Waals surface area contributed by atoms with E-state index in [4.69, 9.17) is 0 Å². The van der Waals surface area contributed by atoms with Crippen LogP contribution in [0.25, 0.3) is 0 Å². The molecule has 9 heteroatoms. The van der Waals surface area contributed by atoms with Gasteiger partial charge in [0, 0.05) is 30.0 Å². The van der Waals surface area contributed by atoms with Crippen LogP contribution in [-0.2, 0) is 35.5 Å². The molecule has 1 N–H and O–H groups in total. The lowest BCUT2D eigenvalue weighted by molar-refractivity contribution is -0.143. The van der Waals surface area contributed by atoms with Crippen LogP contribution in [0.5, 0.6) is 0 Å². The van der Waals surface area contributed by atoms with Crippen molar-refractivity contribution in [1.29, 1.82) is 0 Å². The lowest BCUT2D eigenvalue weighted by Gasteiger charge is -2.47. The highest BCUT2D eigenvalue weighted by Crippen LogP contribution is 2.51. The fourth-order valence-corrected chi connectivity index (χ4v) is 7.27. The van der Waals surface area contributed by atoms with Crippen molar-refractivity contribution in [2.45, 2.75) is 82.7 Å². The fraction of sp³-hybridized carbons (Fsp3) is 0.567. The Hall–Kier alpha value is -2.55. The minimum Gasteiger partial charge on any atom is -0.352 e. The predicted octanol–water partition coefficient (Wildman–Crippen LogP) is 7.13. The van der Waals surface area contributed by atoms with Crippen LogP contribution < -0.4 is 5.32 Å². The number of nitrogens with one attached hydrogen (secondary N) is 1. The van der Waals surface area contributed by atoms with Crippen LogP contribution in [0.1, 0.15) is 73.8 Å². The maximum absolute atomic E-state index is 13.2. The maximum atomic E-state index is 13.2. The number of likely N-dealkylation sites (tertiary alicyclic amines) is 1. The number of nitrogens with zero attached hydrogens (tertiary/aromatic N) is 1. The quantitative estimate of drug-likeness (QED) is 0.410. The summed E-state index contributed by atoms with van der Waals surface area (Å²) in [6, 6.07) is 10.4. The molecule has 1 amide bonds. The summed E-state index contributed by atoms with van der Waals surface area (Å²) in [5.41, 5.74) is -0.576. The number of hydrogen-bond donors (Lipinski definition) is 1. The van der Waals surface area contributed by atoms with Gasteiger partial charge in [-0.05, 0) is 85.9 Å². The smallest absolute Gasteiger partial charge is 0.352 e. The maximum Gasteiger partial charge on any atom is 0.416 e. The standard InChI is InChI=1S/C30H34F6N2O/c1-19-18-38(12-11-28(19)10-7-21-5-3-4-6-25(21)28)24-8-9-27(2,16-24)26(39)37-17-20-13-22(29(31,32)33)15-23(14-20)30(34,35)36/h3-6,13-15,19,24H,7-12,16-18H2,1-2H3,(H,37,39)/t19-,24+,27-,28-/m0/s1. The molecule has 2 aliphatic carbocycles. The molecule has 0 bridgehead atoms. The molecule has 0 radical (unpaired) electrons. The Morgan fingerprint density at radius 2 is 1.67 bits per heavy atom. The van der Waals surface area contributed by atoms with E-state index in [-0.39, 0.29) is 29.0 Å². The van der Waals surface area contributed by atoms with Crippen LogP contribution in [0.2, 0.25) is 0 Å². The molecule has 3 aliphatic rings. The van der Waals surface area contributed by atoms with Crippen molar-refractivity contribution in [3.05, 3.63) is 70.3 Å². The SMILES string of the molecule is C[C@H]1CN([C@@H]2CC[C@](C)(C(=O)NCc3cc(C(F)(F)F)cc(C(F)(F)F)c3)C2)CC[C@@]12CCc1ccccc12. The molecule has 1 saturated heterocycles. The van der Waals surface area contributed by atoms with Gasteiger partial charge in [0.05, 0.1) is 11.1 Å². The highest BCUT2D eigenvalue weighted by Gasteiger charge is 2.49. The van der Waals surface area contributed by atoms with E-state index in [2.05, 4.69) is 41.4 Å². The third-order valence-corrected chi connectivity index (χ3v) is 9.57. The Morgan fingerprint density at radius 1 is 1.00 bits per heavy atom. The van der Waals surface area contributed by atoms with Crippen molar-refractivity contribution in [3.8, 4) is 0 Å². The number of halogens is 6. The van der Waals surface area contributed by atoms with Crippen LogP contribution in [0.4, 0.5) is 26.3 Å². The van der Waals surface area contributed by atoms with Crippen LogP contribution in [0, 0.1) is 11.3 Å². The number of amides is 1. The zero-order valence-corrected chi connectivity index (χ0v) is 22.2. The molecule has 4 atom stereocenters. The molecule has 2 aromatic rings. The van der Waals surface area contributed by atoms with Crippen molar-refractivity contribution in [1.82, 2.24) is 10.2 Å². The second kappa shape index (κ2) is 9.82. The first kappa shape index (κ1) is 28.0. The van der Waals surface area contributed by atoms with Gasteiger partial charge in [-0.3, -0.25) is 4.79 Å². The average molecular weight is 553 g/mol. The molecule has 2 aromatic carbocycles. The summed E-state index contributed by atoms with van der Waals surface area (Å²) in [5, 5.41) is 2.63. The monoisotopic (exact) mass is 552 g/mol. The van der Waals surface area contributed by atoms with E-state index in [0.29, 0.717) is 30.9 Å². The van der Waals surface area contributed by atoms with E-state index in [0.717, 1.165) is 38.8 Å². The number of rotatable bonds is 4. The van der Waals surface area contributed by atoms with Gasteiger partial charge in [-0.15, -0.1) is 0 Å². The summed E-state index contributed by atoms with van der Waals surface area (Å²) in [7, 11) is 0. The average Bonchev–Trinajstić information content (AvgIpc) is 3.46. The highest BCUT2D eigenvalue weighted by atomic mass is 19.4. The number of hydrogen-bond acceptors (Lipinski definition) is 2. The second-order valence-electron chi connectivity index (χ2n) is 12.0. The van der Waals surface area contributed by atoms with E-state index < -0.39 is 35.4 Å². The largest absolute Gasteiger partial charge is 0.416 e. The summed E-state index contributed by atoms with van der Waals surface area (Å²) in [6.07, 6.45) is -4.42. The molecule has 2 fully saturated rings. The number of alkyl halides is 6. The lowest BCUT2D eigenvalue weighted by atomic mass is 9.67. The number of benzene rings is 2. The van der Waals surface area contributed by atoms with Gasteiger partial charge in [0.1, 0.15) is 0 Å². The van der Waals surface area contributed by atoms with Gasteiger partial charge in [-0.1, -0.05) is 38.1 Å². The van der Waals surface area contributed by atoms with Crippen molar-refractivity contribution >= 4 is 5.91 Å². The van der Waals surface area contributed by atoms with E-state index in [1.807, 2.05) is 6.92 Å². The summed E-state index contributed by atoms with van der Waals surface area (Å²) >= 11 is 0. The number of piperidine rings is 1. The Bertz CT molecular complexity index is 1210. The second-order valence-corrected chi connectivity index (χ2v) is 12.0. The van der Waals surface area contributed by atoms with Crippen LogP contribution in [-0.4, -0.2) is 29.9 Å². The van der Waals surface area contributed by atoms with Crippen LogP contribution in [0.3, 0.4) is 0 Å². The molecule has 1 heterocycles. The molecule has 1 aliphatic heterocycles. The van der Waals surface area contributed by atoms with Gasteiger partial charge in [0.25, 0.3) is 0 Å². The van der Waals surface area contributed by atoms with Gasteiger partial charge >= 0.3 is 12.4 Å². The van der Waals surface area contributed by atoms with Crippen molar-refractivity contribution < 1.29 is 31.1 Å². The Kier molecular flexibility index (Phi) is 7.05. The lowest BCUT2D eigenvalue weighted by Crippen LogP contribution is -2.51. The number of carbonyl (C=O) groups is 1. The molecular weight excluding hydrogens is 518 g/mol. The van der Waals surface area contributed by atoms with E-state index in [9.17, 15) is 31.1 Å². The molecule has 0 unspecified atom stereocenters. The summed E-state index contributed by atoms with van der Waals surface area (Å²) < 4.78 is 79.2. The van der Waals surface area contributed by atoms with Crippen LogP contribution in [0.15, 0.2) is 42.5 Å². The van der Waals surface area contributed by atoms with Crippen molar-refractivity contribution in [2.24, 2.45) is 11.3 Å². The minimum atomic E-state index is -4.92. The summed E-state index contributed by atoms with van der Waals surface area (Å²) in [5.74, 6) is 0.140. The first-order chi connectivity index (χ1) is 18.2. The predicted molar refractivity (Wildman–Crippen MR) is 136 cm³/mol. The Balaban J connectivity index is 1.22. The fourth-order valence-electron chi connectivity index (χ4n) is 7.27. The third kappa shape index (κ3) is 5.31. The minimum absolute atomic E-state index is 0.0993. The van der Waals surface area contributed by atoms with Gasteiger partial charge in [0.15, 0.2) is 0 Å². The Labute approximate surface area is 225 Å². The molecule has 3 nitrogen and oxygen atoms in total. The Morgan fingerprint density at radius 3 is 2.31 bits per heavy atom. The first-order valence-corrected chi connectivity index (χ1v) is 13.6. The third-order valence-electron chi connectivity index (χ3n) is 9.57. The van der Waals surface area contributed by atoms with Crippen LogP contribution >= 0.6 is 0 Å². The number of fused-ring (bicyclic) bond motifs is 2. The first-order valence-electron chi connectivity index (χ1n) is 13.6. The van der Waals surface area contributed by atoms with Crippen molar-refractivity contribution in [2.75, 3.05) is 13.1 Å². The van der Waals surface area contributed by atoms with Gasteiger partial charge in [0.2, 0.25) is 5.91 Å². The summed E-state index contributed by atoms with van der Waals surface area (Å²) in [6.45, 7) is 5.67. The van der Waals surface area contributed by atoms with E-state index in [1.54, 1.807) is 0 Å². The molecule has 212 valence electrons. The van der Waals surface area contributed by atoms with Gasteiger partial charge < -0.3 is 10.2 Å². The zero-order valence-electron chi connectivity index (χ0n) is 22.2. The van der Waals surface area contributed by atoms with E-state index >= 15 is 0 Å². The molecule has 1 spiro atoms. The highest BCUT2D eigenvalue weighted by molar-refractivity contribution is 5.82. The molecule has 0 aromatic heterocycles. The van der Waals surface area contributed by atoms with Crippen molar-refractivity contribution in [3.63, 3.8) is 0 Å². The van der Waals surface area contributed by atoms with Gasteiger partial charge in [-0.25, -0.2) is 0 Å². The number of carbonyl (C=O) groups excluding carboxylic acids is 1. The molecule has 39 heavy (non-hydrogen) atoms. The molecular formula is C30H34F6N2O. The summed E-state index contributed by atoms with van der Waals surface area (Å²) in [4.78, 5) is 15.6. The normalized spacial score (nSPS) is 29.5. The topological polar surface area (TPSA) is 32.3 Å². The molecule has 1 saturated carbocycles. The zero-order chi connectivity index (χ0) is 28.2. The molecule has 5 rings (SSSR count). The van der Waals surface area contributed by atoms with E-state index in [1.165, 1.54) is 11.1 Å².